The van der Waals surface area contributed by atoms with E-state index in [4.69, 9.17) is 14.6 Å². The molecule has 1 aromatic carbocycles. The predicted octanol–water partition coefficient (Wildman–Crippen LogP) is 1.90. The predicted molar refractivity (Wildman–Crippen MR) is 126 cm³/mol. The zero-order chi connectivity index (χ0) is 24.3. The third kappa shape index (κ3) is 5.52. The van der Waals surface area contributed by atoms with Crippen molar-refractivity contribution in [1.29, 1.82) is 0 Å². The van der Waals surface area contributed by atoms with Crippen LogP contribution in [0.5, 0.6) is 0 Å². The number of hydrogen-bond acceptors (Lipinski definition) is 6. The van der Waals surface area contributed by atoms with Crippen LogP contribution < -0.4 is 10.2 Å². The quantitative estimate of drug-likeness (QED) is 0.594. The first kappa shape index (κ1) is 24.5. The van der Waals surface area contributed by atoms with Crippen molar-refractivity contribution in [2.45, 2.75) is 57.8 Å². The summed E-state index contributed by atoms with van der Waals surface area (Å²) in [5.74, 6) is -1.35. The van der Waals surface area contributed by atoms with Gasteiger partial charge in [0.25, 0.3) is 0 Å². The number of piperazine rings is 1. The van der Waals surface area contributed by atoms with Crippen molar-refractivity contribution in [3.05, 3.63) is 29.8 Å². The van der Waals surface area contributed by atoms with Crippen LogP contribution in [0, 0.1) is 5.41 Å². The van der Waals surface area contributed by atoms with Crippen LogP contribution in [0.2, 0.25) is 0 Å². The van der Waals surface area contributed by atoms with Gasteiger partial charge in [0, 0.05) is 44.2 Å². The second kappa shape index (κ2) is 10.3. The fourth-order valence-corrected chi connectivity index (χ4v) is 5.20. The Labute approximate surface area is 200 Å². The lowest BCUT2D eigenvalue weighted by Crippen LogP contribution is -2.58. The van der Waals surface area contributed by atoms with Crippen LogP contribution in [-0.4, -0.2) is 85.4 Å². The molecule has 3 aliphatic heterocycles. The number of amides is 2. The number of nitrogens with one attached hydrogen (secondary N) is 1. The topological polar surface area (TPSA) is 108 Å². The lowest BCUT2D eigenvalue weighted by Gasteiger charge is -2.46. The molecule has 2 amide bonds. The van der Waals surface area contributed by atoms with Gasteiger partial charge >= 0.3 is 5.97 Å². The lowest BCUT2D eigenvalue weighted by molar-refractivity contribution is -0.157. The molecule has 3 heterocycles. The number of carbonyl (C=O) groups is 3. The SMILES string of the molecule is CC(=O)N[C@H](C(=O)N1CCN(c2ccc(C(=O)O)cc2)CC1)[C@@H](C)OCC12CCC(CC1)OC2. The first-order valence-electron chi connectivity index (χ1n) is 12.1. The Balaban J connectivity index is 1.33. The number of carboxylic acids is 1. The Morgan fingerprint density at radius 1 is 1.15 bits per heavy atom. The van der Waals surface area contributed by atoms with Gasteiger partial charge in [-0.25, -0.2) is 4.79 Å². The maximum atomic E-state index is 13.4. The Bertz CT molecular complexity index is 875. The van der Waals surface area contributed by atoms with Gasteiger partial charge in [-0.2, -0.15) is 0 Å². The van der Waals surface area contributed by atoms with Crippen molar-refractivity contribution in [2.75, 3.05) is 44.3 Å². The average Bonchev–Trinajstić information content (AvgIpc) is 2.86. The summed E-state index contributed by atoms with van der Waals surface area (Å²) in [7, 11) is 0. The van der Waals surface area contributed by atoms with Crippen LogP contribution in [0.3, 0.4) is 0 Å². The Morgan fingerprint density at radius 3 is 2.32 bits per heavy atom. The van der Waals surface area contributed by atoms with E-state index < -0.39 is 18.1 Å². The monoisotopic (exact) mass is 473 g/mol. The number of fused-ring (bicyclic) bond motifs is 3. The van der Waals surface area contributed by atoms with E-state index in [0.717, 1.165) is 31.4 Å². The average molecular weight is 474 g/mol. The largest absolute Gasteiger partial charge is 0.478 e. The van der Waals surface area contributed by atoms with Gasteiger partial charge in [0.15, 0.2) is 0 Å². The van der Waals surface area contributed by atoms with Gasteiger partial charge in [0.2, 0.25) is 11.8 Å². The number of aromatic carboxylic acids is 1. The fourth-order valence-electron chi connectivity index (χ4n) is 5.20. The number of hydrogen-bond donors (Lipinski definition) is 2. The molecule has 0 unspecified atom stereocenters. The second-order valence-electron chi connectivity index (χ2n) is 9.87. The molecule has 1 aliphatic carbocycles. The van der Waals surface area contributed by atoms with E-state index in [2.05, 4.69) is 10.2 Å². The summed E-state index contributed by atoms with van der Waals surface area (Å²) in [6.07, 6.45) is 4.23. The molecule has 5 rings (SSSR count). The molecule has 9 heteroatoms. The molecule has 4 aliphatic rings. The highest BCUT2D eigenvalue weighted by atomic mass is 16.5. The molecule has 186 valence electrons. The molecule has 2 atom stereocenters. The minimum atomic E-state index is -0.953. The smallest absolute Gasteiger partial charge is 0.335 e. The van der Waals surface area contributed by atoms with E-state index in [9.17, 15) is 14.4 Å². The number of benzene rings is 1. The van der Waals surface area contributed by atoms with E-state index in [1.165, 1.54) is 6.92 Å². The molecule has 9 nitrogen and oxygen atoms in total. The standard InChI is InChI=1S/C25H35N3O6/c1-17(33-15-25-9-7-21(8-10-25)34-16-25)22(26-18(2)29)23(30)28-13-11-27(12-14-28)20-5-3-19(4-6-20)24(31)32/h3-6,17,21-22H,7-16H2,1-2H3,(H,26,29)(H,31,32)/t17-,21?,22+,25?/m1/s1. The van der Waals surface area contributed by atoms with Gasteiger partial charge in [-0.15, -0.1) is 0 Å². The van der Waals surface area contributed by atoms with E-state index in [1.54, 1.807) is 29.2 Å². The minimum Gasteiger partial charge on any atom is -0.478 e. The van der Waals surface area contributed by atoms with Gasteiger partial charge in [0.1, 0.15) is 6.04 Å². The highest BCUT2D eigenvalue weighted by Gasteiger charge is 2.42. The van der Waals surface area contributed by atoms with Crippen LogP contribution >= 0.6 is 0 Å². The molecule has 0 aromatic heterocycles. The summed E-state index contributed by atoms with van der Waals surface area (Å²) in [5.41, 5.74) is 1.20. The zero-order valence-corrected chi connectivity index (χ0v) is 20.0. The maximum Gasteiger partial charge on any atom is 0.335 e. The van der Waals surface area contributed by atoms with Crippen molar-refractivity contribution in [1.82, 2.24) is 10.2 Å². The molecule has 4 fully saturated rings. The van der Waals surface area contributed by atoms with Gasteiger partial charge in [-0.05, 0) is 56.9 Å². The summed E-state index contributed by atoms with van der Waals surface area (Å²) in [5, 5.41) is 11.9. The number of ether oxygens (including phenoxy) is 2. The van der Waals surface area contributed by atoms with Crippen LogP contribution in [0.25, 0.3) is 0 Å². The third-order valence-corrected chi connectivity index (χ3v) is 7.44. The first-order valence-corrected chi connectivity index (χ1v) is 12.1. The second-order valence-corrected chi connectivity index (χ2v) is 9.87. The lowest BCUT2D eigenvalue weighted by atomic mass is 9.72. The number of carbonyl (C=O) groups excluding carboxylic acids is 2. The molecular weight excluding hydrogens is 438 g/mol. The number of nitrogens with zero attached hydrogens (tertiary/aromatic N) is 2. The van der Waals surface area contributed by atoms with E-state index in [0.29, 0.717) is 45.5 Å². The number of anilines is 1. The summed E-state index contributed by atoms with van der Waals surface area (Å²) >= 11 is 0. The number of rotatable bonds is 8. The van der Waals surface area contributed by atoms with Gasteiger partial charge < -0.3 is 29.7 Å². The molecule has 1 saturated carbocycles. The van der Waals surface area contributed by atoms with Crippen LogP contribution in [0.4, 0.5) is 5.69 Å². The molecule has 3 saturated heterocycles. The van der Waals surface area contributed by atoms with E-state index in [-0.39, 0.29) is 22.8 Å². The van der Waals surface area contributed by atoms with E-state index in [1.807, 2.05) is 6.92 Å². The van der Waals surface area contributed by atoms with Gasteiger partial charge in [0.05, 0.1) is 31.0 Å². The van der Waals surface area contributed by atoms with E-state index >= 15 is 0 Å². The fraction of sp³-hybridized carbons (Fsp3) is 0.640. The minimum absolute atomic E-state index is 0.0225. The van der Waals surface area contributed by atoms with Crippen molar-refractivity contribution in [3.63, 3.8) is 0 Å². The molecule has 2 bridgehead atoms. The van der Waals surface area contributed by atoms with Crippen molar-refractivity contribution >= 4 is 23.5 Å². The molecular formula is C25H35N3O6. The van der Waals surface area contributed by atoms with Crippen molar-refractivity contribution < 1.29 is 29.0 Å². The van der Waals surface area contributed by atoms with Crippen molar-refractivity contribution in [3.8, 4) is 0 Å². The molecule has 0 radical (unpaired) electrons. The Hall–Kier alpha value is -2.65. The summed E-state index contributed by atoms with van der Waals surface area (Å²) in [4.78, 5) is 40.2. The van der Waals surface area contributed by atoms with Gasteiger partial charge in [-0.3, -0.25) is 9.59 Å². The maximum absolute atomic E-state index is 13.4. The summed E-state index contributed by atoms with van der Waals surface area (Å²) < 4.78 is 12.1. The van der Waals surface area contributed by atoms with Gasteiger partial charge in [-0.1, -0.05) is 0 Å². The zero-order valence-electron chi connectivity index (χ0n) is 20.0. The number of carboxylic acid groups (broad SMARTS) is 1. The summed E-state index contributed by atoms with van der Waals surface area (Å²) in [6, 6.07) is 6.02. The Morgan fingerprint density at radius 2 is 1.79 bits per heavy atom. The molecule has 2 N–H and O–H groups in total. The molecule has 1 aromatic rings. The molecule has 34 heavy (non-hydrogen) atoms. The van der Waals surface area contributed by atoms with Crippen LogP contribution in [-0.2, 0) is 19.1 Å². The summed E-state index contributed by atoms with van der Waals surface area (Å²) in [6.45, 7) is 6.79. The van der Waals surface area contributed by atoms with Crippen LogP contribution in [0.15, 0.2) is 24.3 Å². The highest BCUT2D eigenvalue weighted by Crippen LogP contribution is 2.43. The van der Waals surface area contributed by atoms with Crippen LogP contribution in [0.1, 0.15) is 49.9 Å². The highest BCUT2D eigenvalue weighted by molar-refractivity contribution is 5.88. The Kier molecular flexibility index (Phi) is 7.42. The molecule has 0 spiro atoms. The first-order chi connectivity index (χ1) is 16.3. The van der Waals surface area contributed by atoms with Crippen molar-refractivity contribution in [2.24, 2.45) is 5.41 Å². The third-order valence-electron chi connectivity index (χ3n) is 7.44. The normalized spacial score (nSPS) is 26.1.